The summed E-state index contributed by atoms with van der Waals surface area (Å²) in [6.45, 7) is 10.4. The van der Waals surface area contributed by atoms with Crippen LogP contribution in [0.3, 0.4) is 0 Å². The Morgan fingerprint density at radius 3 is 2.22 bits per heavy atom. The van der Waals surface area contributed by atoms with Gasteiger partial charge in [-0.15, -0.1) is 0 Å². The number of aryl methyl sites for hydroxylation is 2. The number of carbonyl (C=O) groups excluding carboxylic acids is 1. The predicted molar refractivity (Wildman–Crippen MR) is 141 cm³/mol. The molecule has 1 aliphatic heterocycles. The Morgan fingerprint density at radius 1 is 0.944 bits per heavy atom. The maximum absolute atomic E-state index is 12.3. The second-order valence-corrected chi connectivity index (χ2v) is 8.95. The fraction of sp³-hybridized carbons (Fsp3) is 0.414. The van der Waals surface area contributed by atoms with Crippen molar-refractivity contribution in [2.75, 3.05) is 26.2 Å². The lowest BCUT2D eigenvalue weighted by Gasteiger charge is -2.26. The summed E-state index contributed by atoms with van der Waals surface area (Å²) in [6.07, 6.45) is 6.56. The predicted octanol–water partition coefficient (Wildman–Crippen LogP) is 5.53. The highest BCUT2D eigenvalue weighted by atomic mass is 16.5. The van der Waals surface area contributed by atoms with Crippen LogP contribution in [-0.4, -0.2) is 59.1 Å². The number of carboxylic acids is 2. The smallest absolute Gasteiger partial charge is 0.328 e. The maximum atomic E-state index is 12.3. The highest BCUT2D eigenvalue weighted by molar-refractivity contribution is 5.97. The Morgan fingerprint density at radius 2 is 1.61 bits per heavy atom. The Bertz CT molecular complexity index is 1050. The number of carbonyl (C=O) groups is 3. The lowest BCUT2D eigenvalue weighted by atomic mass is 9.95. The molecule has 1 heterocycles. The molecule has 1 saturated heterocycles. The molecule has 0 atom stereocenters. The minimum atomic E-state index is -1.26. The molecule has 2 aromatic rings. The van der Waals surface area contributed by atoms with Crippen LogP contribution in [-0.2, 0) is 9.59 Å². The number of piperidine rings is 1. The second kappa shape index (κ2) is 14.8. The van der Waals surface area contributed by atoms with E-state index in [1.165, 1.54) is 37.9 Å². The Kier molecular flexibility index (Phi) is 11.9. The molecule has 0 aromatic heterocycles. The van der Waals surface area contributed by atoms with Crippen molar-refractivity contribution in [2.45, 2.75) is 52.9 Å². The first kappa shape index (κ1) is 28.8. The first-order chi connectivity index (χ1) is 17.2. The summed E-state index contributed by atoms with van der Waals surface area (Å²) in [5.74, 6) is -1.35. The third-order valence-corrected chi connectivity index (χ3v) is 5.98. The van der Waals surface area contributed by atoms with Gasteiger partial charge in [-0.05, 0) is 80.6 Å². The van der Waals surface area contributed by atoms with Gasteiger partial charge in [-0.1, -0.05) is 37.6 Å². The number of likely N-dealkylation sites (tertiary alicyclic amines) is 1. The molecule has 0 radical (unpaired) electrons. The van der Waals surface area contributed by atoms with E-state index in [9.17, 15) is 14.4 Å². The zero-order valence-corrected chi connectivity index (χ0v) is 21.5. The van der Waals surface area contributed by atoms with E-state index in [4.69, 9.17) is 14.9 Å². The van der Waals surface area contributed by atoms with E-state index in [0.717, 1.165) is 47.6 Å². The van der Waals surface area contributed by atoms with Crippen LogP contribution in [0.2, 0.25) is 0 Å². The van der Waals surface area contributed by atoms with Crippen molar-refractivity contribution >= 4 is 17.7 Å². The lowest BCUT2D eigenvalue weighted by Crippen LogP contribution is -2.33. The van der Waals surface area contributed by atoms with Crippen LogP contribution in [0.5, 0.6) is 5.75 Å². The SMILES string of the molecule is CCCC(=O)c1cccc(-c2cc(OCCN3CCCCC3)c(C)cc2C)c1.O=C(O)C=CC(=O)O. The molecular weight excluding hydrogens is 458 g/mol. The number of aliphatic carboxylic acids is 2. The van der Waals surface area contributed by atoms with Gasteiger partial charge in [0.15, 0.2) is 5.78 Å². The van der Waals surface area contributed by atoms with Crippen molar-refractivity contribution in [2.24, 2.45) is 0 Å². The van der Waals surface area contributed by atoms with Crippen LogP contribution in [0.1, 0.15) is 60.5 Å². The maximum Gasteiger partial charge on any atom is 0.328 e. The quantitative estimate of drug-likeness (QED) is 0.330. The average Bonchev–Trinajstić information content (AvgIpc) is 2.85. The number of benzene rings is 2. The molecule has 0 bridgehead atoms. The summed E-state index contributed by atoms with van der Waals surface area (Å²) in [5, 5.41) is 15.6. The molecule has 1 fully saturated rings. The van der Waals surface area contributed by atoms with E-state index in [-0.39, 0.29) is 5.78 Å². The van der Waals surface area contributed by atoms with E-state index in [1.807, 2.05) is 25.1 Å². The van der Waals surface area contributed by atoms with Gasteiger partial charge < -0.3 is 14.9 Å². The number of rotatable bonds is 10. The van der Waals surface area contributed by atoms with Crippen LogP contribution in [0.15, 0.2) is 48.6 Å². The Labute approximate surface area is 213 Å². The summed E-state index contributed by atoms with van der Waals surface area (Å²) in [5.41, 5.74) is 5.40. The summed E-state index contributed by atoms with van der Waals surface area (Å²) >= 11 is 0. The number of ether oxygens (including phenoxy) is 1. The number of ketones is 1. The van der Waals surface area contributed by atoms with Gasteiger partial charge in [0.1, 0.15) is 12.4 Å². The van der Waals surface area contributed by atoms with Crippen LogP contribution in [0, 0.1) is 13.8 Å². The molecule has 0 unspecified atom stereocenters. The molecule has 3 rings (SSSR count). The minimum Gasteiger partial charge on any atom is -0.492 e. The number of hydrogen-bond acceptors (Lipinski definition) is 5. The third-order valence-electron chi connectivity index (χ3n) is 5.98. The fourth-order valence-electron chi connectivity index (χ4n) is 4.14. The largest absolute Gasteiger partial charge is 0.492 e. The van der Waals surface area contributed by atoms with E-state index in [1.54, 1.807) is 0 Å². The van der Waals surface area contributed by atoms with Gasteiger partial charge in [0.05, 0.1) is 0 Å². The van der Waals surface area contributed by atoms with E-state index < -0.39 is 11.9 Å². The Balaban J connectivity index is 0.000000493. The normalized spacial score (nSPS) is 13.6. The average molecular weight is 496 g/mol. The third kappa shape index (κ3) is 9.66. The molecule has 36 heavy (non-hydrogen) atoms. The van der Waals surface area contributed by atoms with Crippen molar-refractivity contribution in [3.05, 3.63) is 65.2 Å². The summed E-state index contributed by atoms with van der Waals surface area (Å²) < 4.78 is 6.16. The Hall–Kier alpha value is -3.45. The van der Waals surface area contributed by atoms with E-state index >= 15 is 0 Å². The molecule has 0 spiro atoms. The summed E-state index contributed by atoms with van der Waals surface area (Å²) in [7, 11) is 0. The van der Waals surface area contributed by atoms with Crippen LogP contribution in [0.25, 0.3) is 11.1 Å². The van der Waals surface area contributed by atoms with Crippen LogP contribution < -0.4 is 4.74 Å². The number of Topliss-reactive ketones (excluding diaryl/α,β-unsaturated/α-hetero) is 1. The number of carboxylic acid groups (broad SMARTS) is 2. The first-order valence-electron chi connectivity index (χ1n) is 12.4. The van der Waals surface area contributed by atoms with Crippen molar-refractivity contribution in [1.82, 2.24) is 4.90 Å². The lowest BCUT2D eigenvalue weighted by molar-refractivity contribution is -0.134. The van der Waals surface area contributed by atoms with Crippen molar-refractivity contribution in [3.63, 3.8) is 0 Å². The van der Waals surface area contributed by atoms with Gasteiger partial charge in [-0.3, -0.25) is 9.69 Å². The molecule has 194 valence electrons. The monoisotopic (exact) mass is 495 g/mol. The van der Waals surface area contributed by atoms with Crippen LogP contribution >= 0.6 is 0 Å². The molecule has 0 aliphatic carbocycles. The minimum absolute atomic E-state index is 0.215. The topological polar surface area (TPSA) is 104 Å². The van der Waals surface area contributed by atoms with Crippen molar-refractivity contribution in [3.8, 4) is 16.9 Å². The van der Waals surface area contributed by atoms with Crippen molar-refractivity contribution < 1.29 is 29.3 Å². The van der Waals surface area contributed by atoms with Crippen LogP contribution in [0.4, 0.5) is 0 Å². The highest BCUT2D eigenvalue weighted by Gasteiger charge is 2.13. The highest BCUT2D eigenvalue weighted by Crippen LogP contribution is 2.31. The van der Waals surface area contributed by atoms with Crippen molar-refractivity contribution in [1.29, 1.82) is 0 Å². The van der Waals surface area contributed by atoms with Gasteiger partial charge in [-0.25, -0.2) is 9.59 Å². The van der Waals surface area contributed by atoms with E-state index in [0.29, 0.717) is 18.6 Å². The second-order valence-electron chi connectivity index (χ2n) is 8.95. The molecule has 2 aromatic carbocycles. The summed E-state index contributed by atoms with van der Waals surface area (Å²) in [4.78, 5) is 33.9. The fourth-order valence-corrected chi connectivity index (χ4v) is 4.14. The summed E-state index contributed by atoms with van der Waals surface area (Å²) in [6, 6.07) is 12.3. The molecular formula is C29H37NO6. The van der Waals surface area contributed by atoms with Gasteiger partial charge in [0.2, 0.25) is 0 Å². The zero-order valence-electron chi connectivity index (χ0n) is 21.5. The first-order valence-corrected chi connectivity index (χ1v) is 12.4. The molecule has 7 nitrogen and oxygen atoms in total. The molecule has 0 saturated carbocycles. The zero-order chi connectivity index (χ0) is 26.5. The standard InChI is InChI=1S/C25H33NO2.C4H4O4/c1-4-9-24(27)22-11-8-10-21(17-22)23-18-25(20(3)16-19(23)2)28-15-14-26-12-6-5-7-13-26;5-3(6)1-2-4(7)8/h8,10-11,16-18H,4-7,9,12-15H2,1-3H3;1-2H,(H,5,6)(H,7,8). The molecule has 1 aliphatic rings. The van der Waals surface area contributed by atoms with Gasteiger partial charge >= 0.3 is 11.9 Å². The molecule has 0 amide bonds. The molecule has 2 N–H and O–H groups in total. The van der Waals surface area contributed by atoms with Gasteiger partial charge in [0, 0.05) is 30.7 Å². The van der Waals surface area contributed by atoms with Gasteiger partial charge in [0.25, 0.3) is 0 Å². The number of nitrogens with zero attached hydrogens (tertiary/aromatic N) is 1. The molecule has 7 heteroatoms. The van der Waals surface area contributed by atoms with Gasteiger partial charge in [-0.2, -0.15) is 0 Å². The number of hydrogen-bond donors (Lipinski definition) is 2. The van der Waals surface area contributed by atoms with E-state index in [2.05, 4.69) is 36.9 Å².